The number of benzene rings is 2. The van der Waals surface area contributed by atoms with Gasteiger partial charge in [0.15, 0.2) is 0 Å². The van der Waals surface area contributed by atoms with Crippen LogP contribution in [-0.2, 0) is 22.1 Å². The van der Waals surface area contributed by atoms with Crippen LogP contribution in [-0.4, -0.2) is 39.9 Å². The van der Waals surface area contributed by atoms with Gasteiger partial charge in [0.1, 0.15) is 17.0 Å². The number of halogens is 1. The molecule has 3 N–H and O–H groups in total. The number of aromatic hydroxyl groups is 1. The number of phenols is 1. The molecular formula is C25H25ClN2O5. The molecule has 7 nitrogen and oxygen atoms in total. The summed E-state index contributed by atoms with van der Waals surface area (Å²) < 4.78 is 7.17. The molecule has 2 aliphatic rings. The van der Waals surface area contributed by atoms with Crippen molar-refractivity contribution in [1.29, 1.82) is 0 Å². The molecule has 0 spiro atoms. The van der Waals surface area contributed by atoms with E-state index < -0.39 is 17.4 Å². The van der Waals surface area contributed by atoms with Crippen LogP contribution in [0.2, 0.25) is 5.02 Å². The Morgan fingerprint density at radius 2 is 1.91 bits per heavy atom. The highest BCUT2D eigenvalue weighted by Crippen LogP contribution is 2.40. The number of aliphatic carboxylic acids is 1. The van der Waals surface area contributed by atoms with Crippen molar-refractivity contribution in [2.24, 2.45) is 13.0 Å². The van der Waals surface area contributed by atoms with Crippen LogP contribution in [0.25, 0.3) is 10.9 Å². The first-order chi connectivity index (χ1) is 15.8. The van der Waals surface area contributed by atoms with Gasteiger partial charge in [-0.1, -0.05) is 48.7 Å². The average molecular weight is 469 g/mol. The number of carboxylic acids is 1. The van der Waals surface area contributed by atoms with Crippen LogP contribution in [0.5, 0.6) is 5.75 Å². The lowest BCUT2D eigenvalue weighted by atomic mass is 9.85. The maximum Gasteiger partial charge on any atom is 0.310 e. The van der Waals surface area contributed by atoms with Gasteiger partial charge >= 0.3 is 5.97 Å². The van der Waals surface area contributed by atoms with Crippen molar-refractivity contribution in [2.45, 2.75) is 30.7 Å². The quantitative estimate of drug-likeness (QED) is 0.483. The Bertz CT molecular complexity index is 1240. The maximum atomic E-state index is 13.2. The van der Waals surface area contributed by atoms with Gasteiger partial charge < -0.3 is 24.8 Å². The second-order valence-corrected chi connectivity index (χ2v) is 9.55. The predicted molar refractivity (Wildman–Crippen MR) is 124 cm³/mol. The lowest BCUT2D eigenvalue weighted by Gasteiger charge is -2.42. The van der Waals surface area contributed by atoms with Gasteiger partial charge in [-0.05, 0) is 41.7 Å². The SMILES string of the molecule is Cn1c(C(=O)NC2(c3ccc(C(CC4CC4)C(=O)O)cc3)COC2)cc2c(O)c(Cl)ccc21. The summed E-state index contributed by atoms with van der Waals surface area (Å²) in [4.78, 5) is 25.0. The number of phenolic OH excluding ortho intramolecular Hbond substituents is 1. The third-order valence-corrected chi connectivity index (χ3v) is 7.17. The summed E-state index contributed by atoms with van der Waals surface area (Å²) in [6.45, 7) is 0.646. The number of fused-ring (bicyclic) bond motifs is 1. The van der Waals surface area contributed by atoms with Gasteiger partial charge in [0.25, 0.3) is 5.91 Å². The smallest absolute Gasteiger partial charge is 0.310 e. The van der Waals surface area contributed by atoms with Gasteiger partial charge in [0.05, 0.1) is 29.7 Å². The van der Waals surface area contributed by atoms with E-state index in [1.54, 1.807) is 29.8 Å². The van der Waals surface area contributed by atoms with Crippen LogP contribution in [0.3, 0.4) is 0 Å². The van der Waals surface area contributed by atoms with Crippen molar-refractivity contribution in [3.63, 3.8) is 0 Å². The Labute approximate surface area is 195 Å². The molecule has 1 saturated carbocycles. The molecule has 0 bridgehead atoms. The van der Waals surface area contributed by atoms with Crippen molar-refractivity contribution >= 4 is 34.4 Å². The summed E-state index contributed by atoms with van der Waals surface area (Å²) in [5.41, 5.74) is 2.04. The molecule has 1 aliphatic heterocycles. The van der Waals surface area contributed by atoms with Crippen LogP contribution < -0.4 is 5.32 Å². The summed E-state index contributed by atoms with van der Waals surface area (Å²) in [5, 5.41) is 23.8. The highest BCUT2D eigenvalue weighted by Gasteiger charge is 2.42. The standard InChI is InChI=1S/C25H25ClN2O5/c1-28-20-9-8-19(26)22(29)18(20)11-21(28)23(30)27-25(12-33-13-25)16-6-4-15(5-7-16)17(24(31)32)10-14-2-3-14/h4-9,11,14,17,29H,2-3,10,12-13H2,1H3,(H,27,30)(H,31,32). The number of carbonyl (C=O) groups is 2. The summed E-state index contributed by atoms with van der Waals surface area (Å²) in [5.74, 6) is -1.16. The molecule has 1 amide bonds. The molecule has 1 aromatic heterocycles. The molecule has 1 atom stereocenters. The van der Waals surface area contributed by atoms with Gasteiger partial charge in [-0.15, -0.1) is 0 Å². The number of amides is 1. The zero-order valence-electron chi connectivity index (χ0n) is 18.2. The van der Waals surface area contributed by atoms with E-state index in [9.17, 15) is 19.8 Å². The molecule has 8 heteroatoms. The Morgan fingerprint density at radius 3 is 2.48 bits per heavy atom. The first-order valence-corrected chi connectivity index (χ1v) is 11.4. The van der Waals surface area contributed by atoms with E-state index in [-0.39, 0.29) is 16.7 Å². The lowest BCUT2D eigenvalue weighted by Crippen LogP contribution is -2.59. The largest absolute Gasteiger partial charge is 0.506 e. The normalized spacial score (nSPS) is 18.0. The molecule has 1 saturated heterocycles. The Morgan fingerprint density at radius 1 is 1.21 bits per heavy atom. The molecule has 2 fully saturated rings. The number of aryl methyl sites for hydroxylation is 1. The highest BCUT2D eigenvalue weighted by atomic mass is 35.5. The summed E-state index contributed by atoms with van der Waals surface area (Å²) in [6.07, 6.45) is 2.87. The minimum absolute atomic E-state index is 0.0553. The molecule has 2 aromatic carbocycles. The maximum absolute atomic E-state index is 13.2. The van der Waals surface area contributed by atoms with E-state index in [2.05, 4.69) is 5.32 Å². The summed E-state index contributed by atoms with van der Waals surface area (Å²) >= 11 is 6.02. The fourth-order valence-electron chi connectivity index (χ4n) is 4.59. The van der Waals surface area contributed by atoms with Gasteiger partial charge in [-0.25, -0.2) is 0 Å². The van der Waals surface area contributed by atoms with E-state index in [0.717, 1.165) is 24.0 Å². The van der Waals surface area contributed by atoms with Crippen molar-refractivity contribution in [2.75, 3.05) is 13.2 Å². The van der Waals surface area contributed by atoms with E-state index in [1.807, 2.05) is 24.3 Å². The monoisotopic (exact) mass is 468 g/mol. The number of carbonyl (C=O) groups excluding carboxylic acids is 1. The Kier molecular flexibility index (Phi) is 5.34. The fraction of sp³-hybridized carbons (Fsp3) is 0.360. The van der Waals surface area contributed by atoms with Crippen LogP contribution in [0.15, 0.2) is 42.5 Å². The minimum Gasteiger partial charge on any atom is -0.506 e. The number of carboxylic acid groups (broad SMARTS) is 1. The molecule has 1 aliphatic carbocycles. The van der Waals surface area contributed by atoms with Gasteiger partial charge in [-0.3, -0.25) is 9.59 Å². The number of hydrogen-bond donors (Lipinski definition) is 3. The number of nitrogens with zero attached hydrogens (tertiary/aromatic N) is 1. The van der Waals surface area contributed by atoms with Crippen LogP contribution in [0, 0.1) is 5.92 Å². The van der Waals surface area contributed by atoms with Crippen LogP contribution in [0.4, 0.5) is 0 Å². The zero-order chi connectivity index (χ0) is 23.3. The van der Waals surface area contributed by atoms with Crippen molar-refractivity contribution in [1.82, 2.24) is 9.88 Å². The van der Waals surface area contributed by atoms with Gasteiger partial charge in [0.2, 0.25) is 0 Å². The van der Waals surface area contributed by atoms with E-state index in [1.165, 1.54) is 0 Å². The third-order valence-electron chi connectivity index (χ3n) is 6.86. The van der Waals surface area contributed by atoms with Crippen LogP contribution >= 0.6 is 11.6 Å². The first kappa shape index (κ1) is 21.8. The Hall–Kier alpha value is -3.03. The number of ether oxygens (including phenoxy) is 1. The van der Waals surface area contributed by atoms with Crippen molar-refractivity contribution in [3.8, 4) is 5.75 Å². The predicted octanol–water partition coefficient (Wildman–Crippen LogP) is 4.16. The van der Waals surface area contributed by atoms with E-state index >= 15 is 0 Å². The third kappa shape index (κ3) is 3.85. The molecule has 2 heterocycles. The van der Waals surface area contributed by atoms with Crippen LogP contribution in [0.1, 0.15) is 46.8 Å². The second-order valence-electron chi connectivity index (χ2n) is 9.14. The molecular weight excluding hydrogens is 444 g/mol. The summed E-state index contributed by atoms with van der Waals surface area (Å²) in [6, 6.07) is 12.4. The highest BCUT2D eigenvalue weighted by molar-refractivity contribution is 6.33. The van der Waals surface area contributed by atoms with E-state index in [4.69, 9.17) is 16.3 Å². The first-order valence-electron chi connectivity index (χ1n) is 11.0. The summed E-state index contributed by atoms with van der Waals surface area (Å²) in [7, 11) is 1.76. The Balaban J connectivity index is 1.40. The second kappa shape index (κ2) is 8.08. The molecule has 1 unspecified atom stereocenters. The van der Waals surface area contributed by atoms with E-state index in [0.29, 0.717) is 42.1 Å². The van der Waals surface area contributed by atoms with Gasteiger partial charge in [0, 0.05) is 12.4 Å². The topological polar surface area (TPSA) is 101 Å². The number of hydrogen-bond acceptors (Lipinski definition) is 4. The fourth-order valence-corrected chi connectivity index (χ4v) is 4.75. The molecule has 0 radical (unpaired) electrons. The lowest BCUT2D eigenvalue weighted by molar-refractivity contribution is -0.139. The van der Waals surface area contributed by atoms with Gasteiger partial charge in [-0.2, -0.15) is 0 Å². The molecule has 3 aromatic rings. The number of nitrogens with one attached hydrogen (secondary N) is 1. The average Bonchev–Trinajstić information content (AvgIpc) is 3.53. The van der Waals surface area contributed by atoms with Crippen molar-refractivity contribution < 1.29 is 24.5 Å². The minimum atomic E-state index is -0.802. The zero-order valence-corrected chi connectivity index (χ0v) is 18.9. The molecule has 5 rings (SSSR count). The number of rotatable bonds is 7. The van der Waals surface area contributed by atoms with Crippen molar-refractivity contribution in [3.05, 3.63) is 64.3 Å². The number of aromatic nitrogens is 1. The molecule has 33 heavy (non-hydrogen) atoms. The molecule has 172 valence electrons.